The Bertz CT molecular complexity index is 1380. The highest BCUT2D eigenvalue weighted by Gasteiger charge is 2.30. The monoisotopic (exact) mass is 556 g/mol. The Morgan fingerprint density at radius 1 is 1.10 bits per heavy atom. The van der Waals surface area contributed by atoms with Crippen molar-refractivity contribution < 1.29 is 18.7 Å². The van der Waals surface area contributed by atoms with Crippen molar-refractivity contribution in [2.24, 2.45) is 0 Å². The zero-order valence-electron chi connectivity index (χ0n) is 24.6. The van der Waals surface area contributed by atoms with Gasteiger partial charge < -0.3 is 14.6 Å². The second-order valence-corrected chi connectivity index (χ2v) is 10.2. The number of esters is 1. The van der Waals surface area contributed by atoms with Crippen LogP contribution in [-0.2, 0) is 16.1 Å². The normalized spacial score (nSPS) is 13.5. The number of allylic oxidation sites excluding steroid dienone is 4. The van der Waals surface area contributed by atoms with Crippen molar-refractivity contribution in [3.8, 4) is 22.4 Å². The lowest BCUT2D eigenvalue weighted by atomic mass is 9.94. The van der Waals surface area contributed by atoms with Crippen molar-refractivity contribution in [2.45, 2.75) is 65.8 Å². The number of amides is 1. The summed E-state index contributed by atoms with van der Waals surface area (Å²) in [5, 5.41) is 3.07. The Labute approximate surface area is 243 Å². The van der Waals surface area contributed by atoms with Gasteiger partial charge in [-0.15, -0.1) is 0 Å². The second kappa shape index (κ2) is 15.6. The number of hydrogen-bond donors (Lipinski definition) is 1. The summed E-state index contributed by atoms with van der Waals surface area (Å²) >= 11 is 0. The lowest BCUT2D eigenvalue weighted by Crippen LogP contribution is -2.24. The number of rotatable bonds is 9. The van der Waals surface area contributed by atoms with Crippen LogP contribution in [0.5, 0.6) is 0 Å². The minimum atomic E-state index is -0.286. The zero-order valence-corrected chi connectivity index (χ0v) is 24.6. The average Bonchev–Trinajstić information content (AvgIpc) is 3.30. The number of halogens is 1. The maximum Gasteiger partial charge on any atom is 0.305 e. The first-order chi connectivity index (χ1) is 19.8. The minimum absolute atomic E-state index is 0.0359. The maximum atomic E-state index is 13.9. The summed E-state index contributed by atoms with van der Waals surface area (Å²) in [6.45, 7) is 13.4. The van der Waals surface area contributed by atoms with E-state index in [0.717, 1.165) is 53.9 Å². The molecule has 1 saturated heterocycles. The molecule has 0 spiro atoms. The van der Waals surface area contributed by atoms with Crippen LogP contribution in [0.25, 0.3) is 22.4 Å². The van der Waals surface area contributed by atoms with Crippen molar-refractivity contribution in [3.63, 3.8) is 0 Å². The molecule has 0 atom stereocenters. The Kier molecular flexibility index (Phi) is 11.9. The van der Waals surface area contributed by atoms with Crippen molar-refractivity contribution in [1.29, 1.82) is 0 Å². The fourth-order valence-electron chi connectivity index (χ4n) is 4.99. The van der Waals surface area contributed by atoms with Gasteiger partial charge in [0.15, 0.2) is 0 Å². The van der Waals surface area contributed by atoms with E-state index >= 15 is 0 Å². The van der Waals surface area contributed by atoms with E-state index in [-0.39, 0.29) is 23.6 Å². The van der Waals surface area contributed by atoms with Crippen LogP contribution in [0.2, 0.25) is 0 Å². The van der Waals surface area contributed by atoms with Crippen LogP contribution < -0.4 is 5.32 Å². The molecule has 41 heavy (non-hydrogen) atoms. The smallest absolute Gasteiger partial charge is 0.305 e. The van der Waals surface area contributed by atoms with Gasteiger partial charge in [0.2, 0.25) is 0 Å². The summed E-state index contributed by atoms with van der Waals surface area (Å²) in [6, 6.07) is 16.5. The molecular weight excluding hydrogens is 515 g/mol. The quantitative estimate of drug-likeness (QED) is 0.212. The number of ether oxygens (including phenoxy) is 1. The lowest BCUT2D eigenvalue weighted by molar-refractivity contribution is -0.146. The fourth-order valence-corrected chi connectivity index (χ4v) is 4.99. The number of hydrogen-bond acceptors (Lipinski definition) is 3. The molecule has 0 radical (unpaired) electrons. The first kappa shape index (κ1) is 31.3. The molecule has 2 aromatic carbocycles. The largest absolute Gasteiger partial charge is 0.466 e. The van der Waals surface area contributed by atoms with E-state index in [2.05, 4.69) is 42.0 Å². The van der Waals surface area contributed by atoms with Crippen molar-refractivity contribution in [3.05, 3.63) is 108 Å². The molecule has 1 N–H and O–H groups in total. The van der Waals surface area contributed by atoms with Crippen LogP contribution in [-0.4, -0.2) is 23.1 Å². The zero-order chi connectivity index (χ0) is 29.8. The topological polar surface area (TPSA) is 60.3 Å². The van der Waals surface area contributed by atoms with Crippen molar-refractivity contribution in [1.82, 2.24) is 9.88 Å². The molecule has 1 fully saturated rings. The molecule has 2 heterocycles. The third kappa shape index (κ3) is 8.16. The number of cyclic esters (lactones) is 1. The SMILES string of the molecule is C=C/C=C(\C=C/C)NC(=O)c1c(-c2ccccc2)c(-c2ccc(F)cc2)n(CCC)c1C(C)C.O=C1CCCCO1. The van der Waals surface area contributed by atoms with Gasteiger partial charge in [0.1, 0.15) is 5.82 Å². The molecule has 6 heteroatoms. The molecule has 1 aliphatic rings. The molecule has 216 valence electrons. The van der Waals surface area contributed by atoms with Crippen LogP contribution in [0.4, 0.5) is 4.39 Å². The van der Waals surface area contributed by atoms with Gasteiger partial charge in [-0.3, -0.25) is 9.59 Å². The van der Waals surface area contributed by atoms with Gasteiger partial charge in [-0.1, -0.05) is 69.8 Å². The van der Waals surface area contributed by atoms with Crippen LogP contribution in [0, 0.1) is 5.82 Å². The third-order valence-corrected chi connectivity index (χ3v) is 6.64. The Morgan fingerprint density at radius 3 is 2.32 bits per heavy atom. The first-order valence-electron chi connectivity index (χ1n) is 14.3. The first-order valence-corrected chi connectivity index (χ1v) is 14.3. The Balaban J connectivity index is 0.000000575. The van der Waals surface area contributed by atoms with E-state index in [9.17, 15) is 14.0 Å². The summed E-state index contributed by atoms with van der Waals surface area (Å²) in [5.74, 6) is -0.401. The third-order valence-electron chi connectivity index (χ3n) is 6.64. The second-order valence-electron chi connectivity index (χ2n) is 10.2. The van der Waals surface area contributed by atoms with E-state index in [1.807, 2.05) is 49.4 Å². The van der Waals surface area contributed by atoms with Gasteiger partial charge in [-0.05, 0) is 79.6 Å². The van der Waals surface area contributed by atoms with Gasteiger partial charge in [0.25, 0.3) is 5.91 Å². The standard InChI is InChI=1S/C30H33FN2O.C5H8O2/c1-6-12-25(13-7-2)32-30(34)27-26(22-14-10-9-11-15-22)29(23-16-18-24(31)19-17-23)33(20-8-3)28(27)21(4)5;6-5-3-1-2-4-7-5/h6-7,9-19,21H,1,8,20H2,2-5H3,(H,32,34);1-4H2/b13-7-,25-12+;. The van der Waals surface area contributed by atoms with E-state index < -0.39 is 0 Å². The number of nitrogens with one attached hydrogen (secondary N) is 1. The van der Waals surface area contributed by atoms with Gasteiger partial charge in [0, 0.05) is 29.9 Å². The molecular formula is C35H41FN2O3. The summed E-state index contributed by atoms with van der Waals surface area (Å²) in [4.78, 5) is 24.1. The van der Waals surface area contributed by atoms with E-state index in [1.165, 1.54) is 12.1 Å². The minimum Gasteiger partial charge on any atom is -0.466 e. The molecule has 0 saturated carbocycles. The molecule has 0 unspecified atom stereocenters. The van der Waals surface area contributed by atoms with Crippen molar-refractivity contribution >= 4 is 11.9 Å². The predicted octanol–water partition coefficient (Wildman–Crippen LogP) is 8.58. The van der Waals surface area contributed by atoms with E-state index in [4.69, 9.17) is 0 Å². The number of carbonyl (C=O) groups is 2. The lowest BCUT2D eigenvalue weighted by Gasteiger charge is -2.16. The van der Waals surface area contributed by atoms with Crippen molar-refractivity contribution in [2.75, 3.05) is 6.61 Å². The molecule has 5 nitrogen and oxygen atoms in total. The number of aromatic nitrogens is 1. The average molecular weight is 557 g/mol. The molecule has 1 aromatic heterocycles. The summed E-state index contributed by atoms with van der Waals surface area (Å²) < 4.78 is 20.7. The summed E-state index contributed by atoms with van der Waals surface area (Å²) in [6.07, 6.45) is 10.7. The molecule has 4 rings (SSSR count). The Morgan fingerprint density at radius 2 is 1.80 bits per heavy atom. The van der Waals surface area contributed by atoms with Crippen LogP contribution in [0.3, 0.4) is 0 Å². The van der Waals surface area contributed by atoms with Gasteiger partial charge >= 0.3 is 5.97 Å². The van der Waals surface area contributed by atoms with Gasteiger partial charge in [-0.25, -0.2) is 4.39 Å². The summed E-state index contributed by atoms with van der Waals surface area (Å²) in [5.41, 5.74) is 5.91. The van der Waals surface area contributed by atoms with Gasteiger partial charge in [0.05, 0.1) is 17.9 Å². The highest BCUT2D eigenvalue weighted by molar-refractivity contribution is 6.07. The van der Waals surface area contributed by atoms with Crippen LogP contribution in [0.1, 0.15) is 75.3 Å². The molecule has 0 bridgehead atoms. The molecule has 1 amide bonds. The fraction of sp³-hybridized carbons (Fsp3) is 0.314. The van der Waals surface area contributed by atoms with E-state index in [0.29, 0.717) is 24.3 Å². The predicted molar refractivity (Wildman–Crippen MR) is 165 cm³/mol. The molecule has 0 aliphatic carbocycles. The van der Waals surface area contributed by atoms with Crippen LogP contribution in [0.15, 0.2) is 91.2 Å². The molecule has 1 aliphatic heterocycles. The van der Waals surface area contributed by atoms with Crippen LogP contribution >= 0.6 is 0 Å². The highest BCUT2D eigenvalue weighted by Crippen LogP contribution is 2.42. The van der Waals surface area contributed by atoms with Gasteiger partial charge in [-0.2, -0.15) is 0 Å². The number of nitrogens with zero attached hydrogens (tertiary/aromatic N) is 1. The Hall–Kier alpha value is -4.19. The number of carbonyl (C=O) groups excluding carboxylic acids is 2. The molecule has 3 aromatic rings. The summed E-state index contributed by atoms with van der Waals surface area (Å²) in [7, 11) is 0. The van der Waals surface area contributed by atoms with E-state index in [1.54, 1.807) is 24.3 Å². The highest BCUT2D eigenvalue weighted by atomic mass is 19.1. The number of benzene rings is 2. The maximum absolute atomic E-state index is 13.9.